The number of rotatable bonds is 3. The predicted octanol–water partition coefficient (Wildman–Crippen LogP) is 9.69. The van der Waals surface area contributed by atoms with Gasteiger partial charge in [-0.3, -0.25) is 0 Å². The smallest absolute Gasteiger partial charge is 0.123 e. The van der Waals surface area contributed by atoms with Crippen LogP contribution in [0.2, 0.25) is 0 Å². The molecule has 0 saturated heterocycles. The third kappa shape index (κ3) is 8.09. The number of hydrogen-bond donors (Lipinski definition) is 0. The molecule has 5 heteroatoms. The molecule has 0 fully saturated rings. The number of nitrogens with zero attached hydrogens (tertiary/aromatic N) is 3. The Kier molecular flexibility index (Phi) is 11.1. The third-order valence-electron chi connectivity index (χ3n) is 7.42. The molecule has 0 aliphatic rings. The molecule has 8 aromatic rings. The van der Waals surface area contributed by atoms with Gasteiger partial charge in [0.25, 0.3) is 0 Å². The summed E-state index contributed by atoms with van der Waals surface area (Å²) in [6, 6.07) is 55.4. The van der Waals surface area contributed by atoms with E-state index in [-0.39, 0.29) is 20.1 Å². The van der Waals surface area contributed by atoms with Crippen molar-refractivity contribution in [3.8, 4) is 33.8 Å². The summed E-state index contributed by atoms with van der Waals surface area (Å²) in [6.45, 7) is 4.03. The standard InChI is InChI=1S/C17H10NO.C13H12N.C12H10N.Ir/c1-2-7-16-13(5-1)14-9-8-12(11-17(14)19-16)15-6-3-4-10-18-15;1-11-7-6-10-13(14(11)2)12-8-4-3-5-9-12;1-10-6-5-9-12(13-10)11-7-3-2-4-8-11;/h1-7,9-11H;3-8,10H,2H2,1H3;2-7,9H,1H3;/q3*-1;. The van der Waals surface area contributed by atoms with Crippen LogP contribution in [0.5, 0.6) is 0 Å². The maximum absolute atomic E-state index is 5.87. The molecule has 8 rings (SSSR count). The number of aromatic nitrogens is 3. The van der Waals surface area contributed by atoms with Gasteiger partial charge in [0, 0.05) is 39.0 Å². The fourth-order valence-corrected chi connectivity index (χ4v) is 5.02. The zero-order valence-electron chi connectivity index (χ0n) is 26.1. The summed E-state index contributed by atoms with van der Waals surface area (Å²) in [4.78, 5) is 8.75. The van der Waals surface area contributed by atoms with Crippen molar-refractivity contribution in [1.29, 1.82) is 0 Å². The van der Waals surface area contributed by atoms with Gasteiger partial charge in [0.05, 0.1) is 11.3 Å². The van der Waals surface area contributed by atoms with E-state index in [1.165, 1.54) is 0 Å². The van der Waals surface area contributed by atoms with Gasteiger partial charge in [0.15, 0.2) is 0 Å². The van der Waals surface area contributed by atoms with Crippen LogP contribution in [0.15, 0.2) is 150 Å². The Morgan fingerprint density at radius 1 is 0.617 bits per heavy atom. The normalized spacial score (nSPS) is 10.3. The van der Waals surface area contributed by atoms with Gasteiger partial charge in [-0.05, 0) is 54.9 Å². The monoisotopic (exact) mass is 787 g/mol. The minimum Gasteiger partial charge on any atom is -0.476 e. The molecule has 0 unspecified atom stereocenters. The molecule has 4 nitrogen and oxygen atoms in total. The molecule has 0 aliphatic heterocycles. The van der Waals surface area contributed by atoms with Crippen molar-refractivity contribution in [2.45, 2.75) is 13.8 Å². The zero-order chi connectivity index (χ0) is 31.7. The molecule has 47 heavy (non-hydrogen) atoms. The topological polar surface area (TPSA) is 42.8 Å². The first-order valence-corrected chi connectivity index (χ1v) is 15.0. The van der Waals surface area contributed by atoms with Crippen molar-refractivity contribution >= 4 is 21.9 Å². The Labute approximate surface area is 289 Å². The largest absolute Gasteiger partial charge is 0.476 e. The van der Waals surface area contributed by atoms with Gasteiger partial charge >= 0.3 is 0 Å². The van der Waals surface area contributed by atoms with Gasteiger partial charge in [0.2, 0.25) is 0 Å². The second kappa shape index (κ2) is 15.8. The molecule has 4 heterocycles. The van der Waals surface area contributed by atoms with E-state index in [0.29, 0.717) is 0 Å². The number of aryl methyl sites for hydroxylation is 2. The van der Waals surface area contributed by atoms with E-state index in [1.54, 1.807) is 6.20 Å². The van der Waals surface area contributed by atoms with Gasteiger partial charge in [0.1, 0.15) is 11.3 Å². The molecule has 0 spiro atoms. The molecule has 233 valence electrons. The zero-order valence-corrected chi connectivity index (χ0v) is 28.5. The Hall–Kier alpha value is -5.35. The molecule has 0 N–H and O–H groups in total. The van der Waals surface area contributed by atoms with Gasteiger partial charge in [-0.25, -0.2) is 0 Å². The maximum Gasteiger partial charge on any atom is 0.123 e. The molecule has 0 aliphatic carbocycles. The van der Waals surface area contributed by atoms with E-state index >= 15 is 0 Å². The van der Waals surface area contributed by atoms with Crippen LogP contribution in [-0.2, 0) is 20.1 Å². The van der Waals surface area contributed by atoms with Gasteiger partial charge in [-0.1, -0.05) is 71.6 Å². The van der Waals surface area contributed by atoms with Crippen LogP contribution in [0.4, 0.5) is 0 Å². The first-order valence-electron chi connectivity index (χ1n) is 15.0. The van der Waals surface area contributed by atoms with E-state index in [9.17, 15) is 0 Å². The van der Waals surface area contributed by atoms with Crippen molar-refractivity contribution in [3.05, 3.63) is 182 Å². The summed E-state index contributed by atoms with van der Waals surface area (Å²) in [5.74, 6) is 0. The van der Waals surface area contributed by atoms with Crippen LogP contribution in [0.25, 0.3) is 55.7 Å². The quantitative estimate of drug-likeness (QED) is 0.132. The molecule has 4 aromatic carbocycles. The molecule has 0 amide bonds. The van der Waals surface area contributed by atoms with Crippen LogP contribution in [0.1, 0.15) is 11.4 Å². The van der Waals surface area contributed by atoms with Crippen LogP contribution in [0, 0.1) is 39.1 Å². The Bertz CT molecular complexity index is 2180. The van der Waals surface area contributed by atoms with Gasteiger partial charge < -0.3 is 19.0 Å². The molecule has 0 saturated carbocycles. The fourth-order valence-electron chi connectivity index (χ4n) is 5.02. The van der Waals surface area contributed by atoms with E-state index in [1.807, 2.05) is 152 Å². The van der Waals surface area contributed by atoms with Gasteiger partial charge in [-0.2, -0.15) is 0 Å². The second-order valence-electron chi connectivity index (χ2n) is 10.6. The van der Waals surface area contributed by atoms with E-state index in [2.05, 4.69) is 41.3 Å². The fraction of sp³-hybridized carbons (Fsp3) is 0.0476. The molecule has 0 bridgehead atoms. The number of para-hydroxylation sites is 1. The predicted molar refractivity (Wildman–Crippen MR) is 185 cm³/mol. The molecular weight excluding hydrogens is 755 g/mol. The van der Waals surface area contributed by atoms with E-state index in [0.717, 1.165) is 67.1 Å². The summed E-state index contributed by atoms with van der Waals surface area (Å²) in [5, 5.41) is 2.22. The summed E-state index contributed by atoms with van der Waals surface area (Å²) in [6.07, 6.45) is 1.78. The number of benzene rings is 4. The number of pyridine rings is 3. The van der Waals surface area contributed by atoms with Gasteiger partial charge in [-0.15, -0.1) is 83.9 Å². The summed E-state index contributed by atoms with van der Waals surface area (Å²) >= 11 is 0. The van der Waals surface area contributed by atoms with Crippen molar-refractivity contribution in [2.75, 3.05) is 0 Å². The average molecular weight is 787 g/mol. The van der Waals surface area contributed by atoms with Crippen LogP contribution in [0.3, 0.4) is 0 Å². The maximum atomic E-state index is 5.87. The second-order valence-corrected chi connectivity index (χ2v) is 10.6. The van der Waals surface area contributed by atoms with E-state index < -0.39 is 0 Å². The Balaban J connectivity index is 0.000000140. The van der Waals surface area contributed by atoms with Crippen LogP contribution >= 0.6 is 0 Å². The minimum absolute atomic E-state index is 0. The van der Waals surface area contributed by atoms with E-state index in [4.69, 9.17) is 4.42 Å². The first kappa shape index (κ1) is 33.0. The summed E-state index contributed by atoms with van der Waals surface area (Å²) in [7, 11) is 3.99. The minimum atomic E-state index is 0. The Morgan fingerprint density at radius 2 is 1.32 bits per heavy atom. The summed E-state index contributed by atoms with van der Waals surface area (Å²) < 4.78 is 7.79. The number of furan rings is 1. The Morgan fingerprint density at radius 3 is 2.04 bits per heavy atom. The molecule has 0 atom stereocenters. The molecular formula is C42H32IrN3O-3. The molecule has 1 radical (unpaired) electrons. The SMILES string of the molecule is Cc1cccc(-c2[c-]cccc2)n1.[CH2-][n+]1c(C)cccc1-c1[c-]cccc1.[Ir].[c-]1cc2c(cc1-c1ccccn1)oc1ccccc12. The molecule has 4 aromatic heterocycles. The van der Waals surface area contributed by atoms with Crippen molar-refractivity contribution < 1.29 is 29.1 Å². The third-order valence-corrected chi connectivity index (χ3v) is 7.42. The van der Waals surface area contributed by atoms with Crippen molar-refractivity contribution in [3.63, 3.8) is 0 Å². The number of fused-ring (bicyclic) bond motifs is 3. The van der Waals surface area contributed by atoms with Crippen molar-refractivity contribution in [1.82, 2.24) is 9.97 Å². The average Bonchev–Trinajstić information content (AvgIpc) is 3.49. The summed E-state index contributed by atoms with van der Waals surface area (Å²) in [5.41, 5.74) is 10.0. The van der Waals surface area contributed by atoms with Crippen LogP contribution < -0.4 is 4.57 Å². The number of hydrogen-bond acceptors (Lipinski definition) is 3. The van der Waals surface area contributed by atoms with Crippen molar-refractivity contribution in [2.24, 2.45) is 0 Å². The van der Waals surface area contributed by atoms with Crippen LogP contribution in [-0.4, -0.2) is 9.97 Å². The first-order chi connectivity index (χ1) is 22.6.